The van der Waals surface area contributed by atoms with E-state index in [4.69, 9.17) is 0 Å². The number of rotatable bonds is 0. The maximum absolute atomic E-state index is 10.9. The van der Waals surface area contributed by atoms with Crippen LogP contribution in [-0.4, -0.2) is 22.8 Å². The fraction of sp³-hybridized carbons (Fsp3) is 0. The SMILES string of the molecule is O=C1NC(=O)c2ccccc21.[Si]. The minimum atomic E-state index is -0.300. The molecule has 1 aliphatic rings. The van der Waals surface area contributed by atoms with Gasteiger partial charge < -0.3 is 0 Å². The third kappa shape index (κ3) is 1.06. The van der Waals surface area contributed by atoms with Crippen LogP contribution in [0.15, 0.2) is 24.3 Å². The molecule has 1 N–H and O–H groups in total. The van der Waals surface area contributed by atoms with Crippen molar-refractivity contribution in [3.05, 3.63) is 35.4 Å². The fourth-order valence-corrected chi connectivity index (χ4v) is 1.12. The molecule has 58 valence electrons. The summed E-state index contributed by atoms with van der Waals surface area (Å²) in [7, 11) is 0. The van der Waals surface area contributed by atoms with Crippen LogP contribution < -0.4 is 5.32 Å². The topological polar surface area (TPSA) is 46.2 Å². The van der Waals surface area contributed by atoms with E-state index in [-0.39, 0.29) is 22.8 Å². The summed E-state index contributed by atoms with van der Waals surface area (Å²) in [5.74, 6) is -0.601. The van der Waals surface area contributed by atoms with Gasteiger partial charge in [-0.1, -0.05) is 12.1 Å². The summed E-state index contributed by atoms with van der Waals surface area (Å²) in [6.45, 7) is 0. The number of hydrogen-bond acceptors (Lipinski definition) is 2. The Morgan fingerprint density at radius 1 is 0.917 bits per heavy atom. The number of fused-ring (bicyclic) bond motifs is 1. The highest BCUT2D eigenvalue weighted by atomic mass is 28.1. The lowest BCUT2D eigenvalue weighted by Crippen LogP contribution is -2.19. The number of benzene rings is 1. The van der Waals surface area contributed by atoms with Crippen LogP contribution in [0.1, 0.15) is 20.7 Å². The van der Waals surface area contributed by atoms with Crippen molar-refractivity contribution in [3.63, 3.8) is 0 Å². The molecule has 0 aromatic heterocycles. The zero-order valence-corrected chi connectivity index (χ0v) is 7.13. The van der Waals surface area contributed by atoms with Crippen molar-refractivity contribution < 1.29 is 9.59 Å². The average molecular weight is 175 g/mol. The molecule has 2 rings (SSSR count). The van der Waals surface area contributed by atoms with E-state index in [2.05, 4.69) is 5.32 Å². The second kappa shape index (κ2) is 2.90. The van der Waals surface area contributed by atoms with Gasteiger partial charge in [0.1, 0.15) is 0 Å². The number of hydrogen-bond donors (Lipinski definition) is 1. The summed E-state index contributed by atoms with van der Waals surface area (Å²) >= 11 is 0. The van der Waals surface area contributed by atoms with Gasteiger partial charge >= 0.3 is 0 Å². The van der Waals surface area contributed by atoms with Gasteiger partial charge in [-0.3, -0.25) is 14.9 Å². The molecule has 1 aliphatic heterocycles. The van der Waals surface area contributed by atoms with Crippen molar-refractivity contribution >= 4 is 22.8 Å². The largest absolute Gasteiger partial charge is 0.288 e. The van der Waals surface area contributed by atoms with E-state index >= 15 is 0 Å². The summed E-state index contributed by atoms with van der Waals surface area (Å²) in [5, 5.41) is 2.20. The molecule has 1 aromatic carbocycles. The first-order valence-electron chi connectivity index (χ1n) is 3.24. The van der Waals surface area contributed by atoms with Gasteiger partial charge in [0.2, 0.25) is 0 Å². The molecular formula is C8H5NO2Si. The van der Waals surface area contributed by atoms with Crippen LogP contribution in [0.25, 0.3) is 0 Å². The lowest BCUT2D eigenvalue weighted by atomic mass is 10.1. The molecule has 0 fully saturated rings. The molecule has 0 saturated carbocycles. The Morgan fingerprint density at radius 2 is 1.33 bits per heavy atom. The molecule has 1 heterocycles. The van der Waals surface area contributed by atoms with Gasteiger partial charge in [0, 0.05) is 11.0 Å². The third-order valence-electron chi connectivity index (χ3n) is 1.64. The minimum absolute atomic E-state index is 0. The molecule has 4 radical (unpaired) electrons. The molecule has 4 heteroatoms. The number of imide groups is 1. The number of carbonyl (C=O) groups is 2. The molecular weight excluding hydrogens is 170 g/mol. The maximum Gasteiger partial charge on any atom is 0.258 e. The van der Waals surface area contributed by atoms with Gasteiger partial charge in [-0.15, -0.1) is 0 Å². The Hall–Kier alpha value is -1.42. The van der Waals surface area contributed by atoms with Gasteiger partial charge in [-0.25, -0.2) is 0 Å². The summed E-state index contributed by atoms with van der Waals surface area (Å²) in [4.78, 5) is 21.9. The predicted molar refractivity (Wildman–Crippen MR) is 44.0 cm³/mol. The van der Waals surface area contributed by atoms with Crippen molar-refractivity contribution in [1.29, 1.82) is 0 Å². The molecule has 1 aromatic rings. The van der Waals surface area contributed by atoms with Crippen molar-refractivity contribution in [2.75, 3.05) is 0 Å². The van der Waals surface area contributed by atoms with E-state index in [0.717, 1.165) is 0 Å². The quantitative estimate of drug-likeness (QED) is 0.452. The fourth-order valence-electron chi connectivity index (χ4n) is 1.12. The lowest BCUT2D eigenvalue weighted by molar-refractivity contribution is 0.0879. The van der Waals surface area contributed by atoms with Crippen LogP contribution in [0.3, 0.4) is 0 Å². The highest BCUT2D eigenvalue weighted by Gasteiger charge is 2.25. The van der Waals surface area contributed by atoms with E-state index in [9.17, 15) is 9.59 Å². The monoisotopic (exact) mass is 175 g/mol. The Morgan fingerprint density at radius 3 is 1.75 bits per heavy atom. The second-order valence-electron chi connectivity index (χ2n) is 2.33. The van der Waals surface area contributed by atoms with Gasteiger partial charge in [0.25, 0.3) is 11.8 Å². The molecule has 0 bridgehead atoms. The Labute approximate surface area is 73.8 Å². The normalized spacial score (nSPS) is 13.3. The standard InChI is InChI=1S/C8H5NO2.Si/c10-7-5-3-1-2-4-6(5)8(11)9-7;/h1-4H,(H,9,10,11);. The predicted octanol–water partition coefficient (Wildman–Crippen LogP) is 0.189. The summed E-state index contributed by atoms with van der Waals surface area (Å²) in [6, 6.07) is 6.74. The molecule has 0 saturated heterocycles. The Bertz CT molecular complexity index is 316. The molecule has 0 atom stereocenters. The van der Waals surface area contributed by atoms with Crippen molar-refractivity contribution in [1.82, 2.24) is 5.32 Å². The molecule has 12 heavy (non-hydrogen) atoms. The first-order chi connectivity index (χ1) is 5.29. The first kappa shape index (κ1) is 8.67. The zero-order chi connectivity index (χ0) is 7.84. The van der Waals surface area contributed by atoms with E-state index in [1.807, 2.05) is 0 Å². The number of amides is 2. The van der Waals surface area contributed by atoms with E-state index in [1.54, 1.807) is 24.3 Å². The molecule has 0 unspecified atom stereocenters. The minimum Gasteiger partial charge on any atom is -0.288 e. The van der Waals surface area contributed by atoms with Crippen LogP contribution in [0.2, 0.25) is 0 Å². The van der Waals surface area contributed by atoms with Crippen LogP contribution in [0.5, 0.6) is 0 Å². The van der Waals surface area contributed by atoms with E-state index < -0.39 is 0 Å². The summed E-state index contributed by atoms with van der Waals surface area (Å²) < 4.78 is 0. The summed E-state index contributed by atoms with van der Waals surface area (Å²) in [6.07, 6.45) is 0. The van der Waals surface area contributed by atoms with Gasteiger partial charge in [0.15, 0.2) is 0 Å². The Balaban J connectivity index is 0.000000720. The highest BCUT2D eigenvalue weighted by molar-refractivity contribution is 6.21. The van der Waals surface area contributed by atoms with Gasteiger partial charge in [-0.2, -0.15) is 0 Å². The van der Waals surface area contributed by atoms with Crippen molar-refractivity contribution in [2.24, 2.45) is 0 Å². The van der Waals surface area contributed by atoms with E-state index in [1.165, 1.54) is 0 Å². The third-order valence-corrected chi connectivity index (χ3v) is 1.64. The van der Waals surface area contributed by atoms with Gasteiger partial charge in [-0.05, 0) is 12.1 Å². The number of carbonyl (C=O) groups excluding carboxylic acids is 2. The molecule has 2 amide bonds. The molecule has 0 spiro atoms. The maximum atomic E-state index is 10.9. The average Bonchev–Trinajstić information content (AvgIpc) is 2.30. The van der Waals surface area contributed by atoms with Crippen LogP contribution in [-0.2, 0) is 0 Å². The van der Waals surface area contributed by atoms with Crippen molar-refractivity contribution in [2.45, 2.75) is 0 Å². The van der Waals surface area contributed by atoms with Crippen LogP contribution >= 0.6 is 0 Å². The van der Waals surface area contributed by atoms with Crippen molar-refractivity contribution in [3.8, 4) is 0 Å². The smallest absolute Gasteiger partial charge is 0.258 e. The number of nitrogens with one attached hydrogen (secondary N) is 1. The molecule has 3 nitrogen and oxygen atoms in total. The lowest BCUT2D eigenvalue weighted by Gasteiger charge is -1.88. The van der Waals surface area contributed by atoms with Crippen LogP contribution in [0.4, 0.5) is 0 Å². The zero-order valence-electron chi connectivity index (χ0n) is 6.13. The molecule has 0 aliphatic carbocycles. The van der Waals surface area contributed by atoms with E-state index in [0.29, 0.717) is 11.1 Å². The highest BCUT2D eigenvalue weighted by Crippen LogP contribution is 2.13. The first-order valence-corrected chi connectivity index (χ1v) is 3.24. The second-order valence-corrected chi connectivity index (χ2v) is 2.33. The summed E-state index contributed by atoms with van der Waals surface area (Å²) in [5.41, 5.74) is 0.940. The Kier molecular flexibility index (Phi) is 2.10. The van der Waals surface area contributed by atoms with Crippen LogP contribution in [0, 0.1) is 0 Å². The van der Waals surface area contributed by atoms with Gasteiger partial charge in [0.05, 0.1) is 11.1 Å².